The number of anilines is 1. The van der Waals surface area contributed by atoms with Crippen LogP contribution in [-0.4, -0.2) is 25.5 Å². The third-order valence-corrected chi connectivity index (χ3v) is 3.86. The van der Waals surface area contributed by atoms with Crippen molar-refractivity contribution >= 4 is 22.4 Å². The van der Waals surface area contributed by atoms with Crippen LogP contribution in [0, 0.1) is 0 Å². The van der Waals surface area contributed by atoms with E-state index < -0.39 is 0 Å². The Balaban J connectivity index is 2.05. The molecule has 0 bridgehead atoms. The number of carbonyl (C=O) groups excluding carboxylic acids is 1. The zero-order valence-electron chi connectivity index (χ0n) is 11.4. The summed E-state index contributed by atoms with van der Waals surface area (Å²) in [4.78, 5) is 13.7. The lowest BCUT2D eigenvalue weighted by Crippen LogP contribution is -2.28. The highest BCUT2D eigenvalue weighted by Gasteiger charge is 2.16. The van der Waals surface area contributed by atoms with E-state index in [1.54, 1.807) is 0 Å². The molecule has 1 saturated heterocycles. The molecule has 3 rings (SSSR count). The first-order chi connectivity index (χ1) is 9.79. The molecule has 0 unspecified atom stereocenters. The Kier molecular flexibility index (Phi) is 3.56. The Morgan fingerprint density at radius 1 is 1.10 bits per heavy atom. The molecule has 0 spiro atoms. The smallest absolute Gasteiger partial charge is 0.221 e. The second-order valence-electron chi connectivity index (χ2n) is 5.08. The van der Waals surface area contributed by atoms with Gasteiger partial charge in [0.15, 0.2) is 0 Å². The van der Waals surface area contributed by atoms with Gasteiger partial charge in [0.1, 0.15) is 0 Å². The highest BCUT2D eigenvalue weighted by Crippen LogP contribution is 2.29. The molecule has 104 valence electrons. The number of fused-ring (bicyclic) bond motifs is 1. The fraction of sp³-hybridized carbons (Fsp3) is 0.312. The Labute approximate surface area is 118 Å². The minimum atomic E-state index is 0.135. The van der Waals surface area contributed by atoms with Crippen LogP contribution in [0.4, 0.5) is 5.69 Å². The fourth-order valence-corrected chi connectivity index (χ4v) is 2.81. The summed E-state index contributed by atoms with van der Waals surface area (Å²) in [6.07, 6.45) is 0.549. The van der Waals surface area contributed by atoms with Crippen molar-refractivity contribution in [3.05, 3.63) is 42.0 Å². The maximum Gasteiger partial charge on any atom is 0.221 e. The Morgan fingerprint density at radius 2 is 1.90 bits per heavy atom. The monoisotopic (exact) mass is 269 g/mol. The van der Waals surface area contributed by atoms with E-state index in [2.05, 4.69) is 34.5 Å². The molecule has 2 aromatic carbocycles. The summed E-state index contributed by atoms with van der Waals surface area (Å²) in [5.74, 6) is 0.135. The number of amides is 1. The number of nitrogens with one attached hydrogen (secondary N) is 1. The molecule has 1 aliphatic heterocycles. The zero-order chi connectivity index (χ0) is 13.9. The fourth-order valence-electron chi connectivity index (χ4n) is 2.81. The van der Waals surface area contributed by atoms with Gasteiger partial charge >= 0.3 is 0 Å². The number of nitrogens with two attached hydrogens (primary N) is 1. The third-order valence-electron chi connectivity index (χ3n) is 3.86. The van der Waals surface area contributed by atoms with Gasteiger partial charge in [0.25, 0.3) is 0 Å². The van der Waals surface area contributed by atoms with E-state index in [1.807, 2.05) is 12.1 Å². The normalized spacial score (nSPS) is 16.1. The summed E-state index contributed by atoms with van der Waals surface area (Å²) in [5.41, 5.74) is 8.17. The van der Waals surface area contributed by atoms with Crippen LogP contribution in [0.2, 0.25) is 0 Å². The zero-order valence-corrected chi connectivity index (χ0v) is 11.4. The molecule has 1 aliphatic rings. The SMILES string of the molecule is NCc1ccc(N2CCNC(=O)CC2)c2ccccc12. The number of carbonyl (C=O) groups is 1. The van der Waals surface area contributed by atoms with Gasteiger partial charge in [-0.15, -0.1) is 0 Å². The van der Waals surface area contributed by atoms with Gasteiger partial charge in [-0.2, -0.15) is 0 Å². The molecule has 0 aliphatic carbocycles. The lowest BCUT2D eigenvalue weighted by atomic mass is 10.0. The first-order valence-electron chi connectivity index (χ1n) is 7.02. The van der Waals surface area contributed by atoms with E-state index in [0.717, 1.165) is 18.7 Å². The minimum absolute atomic E-state index is 0.135. The molecule has 0 atom stereocenters. The summed E-state index contributed by atoms with van der Waals surface area (Å²) in [6.45, 7) is 2.85. The van der Waals surface area contributed by atoms with E-state index in [0.29, 0.717) is 19.5 Å². The number of nitrogens with zero attached hydrogens (tertiary/aromatic N) is 1. The molecular weight excluding hydrogens is 250 g/mol. The van der Waals surface area contributed by atoms with Crippen LogP contribution in [0.5, 0.6) is 0 Å². The number of benzene rings is 2. The predicted octanol–water partition coefficient (Wildman–Crippen LogP) is 1.62. The van der Waals surface area contributed by atoms with Crippen molar-refractivity contribution in [2.45, 2.75) is 13.0 Å². The van der Waals surface area contributed by atoms with Gasteiger partial charge in [-0.05, 0) is 17.0 Å². The molecule has 0 radical (unpaired) electrons. The molecular formula is C16H19N3O. The van der Waals surface area contributed by atoms with Gasteiger partial charge in [0.2, 0.25) is 5.91 Å². The van der Waals surface area contributed by atoms with Crippen molar-refractivity contribution in [2.24, 2.45) is 5.73 Å². The van der Waals surface area contributed by atoms with Crippen molar-refractivity contribution in [3.63, 3.8) is 0 Å². The molecule has 2 aromatic rings. The molecule has 1 heterocycles. The summed E-state index contributed by atoms with van der Waals surface area (Å²) < 4.78 is 0. The van der Waals surface area contributed by atoms with E-state index in [1.165, 1.54) is 16.5 Å². The maximum atomic E-state index is 11.5. The molecule has 4 nitrogen and oxygen atoms in total. The largest absolute Gasteiger partial charge is 0.369 e. The van der Waals surface area contributed by atoms with Gasteiger partial charge in [-0.3, -0.25) is 4.79 Å². The number of rotatable bonds is 2. The van der Waals surface area contributed by atoms with Crippen molar-refractivity contribution in [3.8, 4) is 0 Å². The van der Waals surface area contributed by atoms with Crippen molar-refractivity contribution < 1.29 is 4.79 Å². The van der Waals surface area contributed by atoms with Crippen molar-refractivity contribution in [1.29, 1.82) is 0 Å². The summed E-state index contributed by atoms with van der Waals surface area (Å²) in [7, 11) is 0. The first-order valence-corrected chi connectivity index (χ1v) is 7.02. The third kappa shape index (κ3) is 2.34. The predicted molar refractivity (Wildman–Crippen MR) is 81.7 cm³/mol. The van der Waals surface area contributed by atoms with Crippen LogP contribution < -0.4 is 16.0 Å². The molecule has 0 saturated carbocycles. The Hall–Kier alpha value is -2.07. The Morgan fingerprint density at radius 3 is 2.70 bits per heavy atom. The van der Waals surface area contributed by atoms with Crippen LogP contribution in [0.3, 0.4) is 0 Å². The van der Waals surface area contributed by atoms with E-state index in [4.69, 9.17) is 5.73 Å². The van der Waals surface area contributed by atoms with E-state index in [-0.39, 0.29) is 5.91 Å². The van der Waals surface area contributed by atoms with Gasteiger partial charge in [0, 0.05) is 43.7 Å². The number of hydrogen-bond acceptors (Lipinski definition) is 3. The summed E-state index contributed by atoms with van der Waals surface area (Å²) in [5, 5.41) is 5.33. The van der Waals surface area contributed by atoms with Crippen LogP contribution >= 0.6 is 0 Å². The van der Waals surface area contributed by atoms with Gasteiger partial charge < -0.3 is 16.0 Å². The van der Waals surface area contributed by atoms with E-state index >= 15 is 0 Å². The average Bonchev–Trinajstić information content (AvgIpc) is 2.71. The van der Waals surface area contributed by atoms with Crippen LogP contribution in [0.15, 0.2) is 36.4 Å². The summed E-state index contributed by atoms with van der Waals surface area (Å²) >= 11 is 0. The molecule has 4 heteroatoms. The molecule has 20 heavy (non-hydrogen) atoms. The second kappa shape index (κ2) is 5.51. The van der Waals surface area contributed by atoms with E-state index in [9.17, 15) is 4.79 Å². The highest BCUT2D eigenvalue weighted by molar-refractivity contribution is 5.96. The molecule has 1 amide bonds. The maximum absolute atomic E-state index is 11.5. The molecule has 1 fully saturated rings. The molecule has 3 N–H and O–H groups in total. The van der Waals surface area contributed by atoms with Crippen LogP contribution in [0.1, 0.15) is 12.0 Å². The lowest BCUT2D eigenvalue weighted by molar-refractivity contribution is -0.120. The average molecular weight is 269 g/mol. The quantitative estimate of drug-likeness (QED) is 0.871. The Bertz CT molecular complexity index is 639. The van der Waals surface area contributed by atoms with Crippen molar-refractivity contribution in [1.82, 2.24) is 5.32 Å². The minimum Gasteiger partial charge on any atom is -0.369 e. The first kappa shape index (κ1) is 12.9. The van der Waals surface area contributed by atoms with Gasteiger partial charge in [0.05, 0.1) is 0 Å². The highest BCUT2D eigenvalue weighted by atomic mass is 16.1. The van der Waals surface area contributed by atoms with Crippen LogP contribution in [-0.2, 0) is 11.3 Å². The summed E-state index contributed by atoms with van der Waals surface area (Å²) in [6, 6.07) is 12.6. The van der Waals surface area contributed by atoms with Crippen molar-refractivity contribution in [2.75, 3.05) is 24.5 Å². The van der Waals surface area contributed by atoms with Crippen LogP contribution in [0.25, 0.3) is 10.8 Å². The van der Waals surface area contributed by atoms with Gasteiger partial charge in [-0.1, -0.05) is 30.3 Å². The molecule has 0 aromatic heterocycles. The topological polar surface area (TPSA) is 58.4 Å². The standard InChI is InChI=1S/C16H19N3O/c17-11-12-5-6-15(14-4-2-1-3-13(12)14)19-9-7-16(20)18-8-10-19/h1-6H,7-11,17H2,(H,18,20). The lowest BCUT2D eigenvalue weighted by Gasteiger charge is -2.24. The van der Waals surface area contributed by atoms with Gasteiger partial charge in [-0.25, -0.2) is 0 Å². The second-order valence-corrected chi connectivity index (χ2v) is 5.08. The number of hydrogen-bond donors (Lipinski definition) is 2.